The van der Waals surface area contributed by atoms with E-state index in [0.717, 1.165) is 17.3 Å². The van der Waals surface area contributed by atoms with E-state index < -0.39 is 23.9 Å². The number of carbonyl (C=O) groups excluding carboxylic acids is 2. The molecule has 0 unspecified atom stereocenters. The van der Waals surface area contributed by atoms with E-state index in [1.54, 1.807) is 12.1 Å². The van der Waals surface area contributed by atoms with Crippen LogP contribution in [0.15, 0.2) is 51.3 Å². The minimum absolute atomic E-state index is 0.0447. The second kappa shape index (κ2) is 6.67. The Hall–Kier alpha value is -2.94. The molecule has 9 heteroatoms. The number of benzene rings is 1. The van der Waals surface area contributed by atoms with Crippen LogP contribution in [0.4, 0.5) is 4.79 Å². The SMILES string of the molecule is O=C(N=C1N=C2SC=C(C(=O)O)[C@@H]2C(=O)N1)OCc1ccccc1. The molecule has 0 spiro atoms. The maximum absolute atomic E-state index is 12.0. The van der Waals surface area contributed by atoms with Crippen LogP contribution in [0.25, 0.3) is 0 Å². The van der Waals surface area contributed by atoms with Gasteiger partial charge in [-0.15, -0.1) is 4.99 Å². The zero-order valence-electron chi connectivity index (χ0n) is 12.1. The van der Waals surface area contributed by atoms with E-state index in [9.17, 15) is 14.4 Å². The molecule has 2 aliphatic rings. The molecule has 0 bridgehead atoms. The fourth-order valence-electron chi connectivity index (χ4n) is 2.12. The highest BCUT2D eigenvalue weighted by Crippen LogP contribution is 2.33. The zero-order valence-corrected chi connectivity index (χ0v) is 12.9. The van der Waals surface area contributed by atoms with E-state index in [4.69, 9.17) is 9.84 Å². The molecule has 122 valence electrons. The van der Waals surface area contributed by atoms with Crippen LogP contribution >= 0.6 is 11.8 Å². The molecule has 2 N–H and O–H groups in total. The lowest BCUT2D eigenvalue weighted by Crippen LogP contribution is -2.43. The van der Waals surface area contributed by atoms with E-state index in [2.05, 4.69) is 15.3 Å². The van der Waals surface area contributed by atoms with Crippen molar-refractivity contribution < 1.29 is 24.2 Å². The first-order valence-electron chi connectivity index (χ1n) is 6.83. The summed E-state index contributed by atoms with van der Waals surface area (Å²) in [6.45, 7) is 0.0447. The number of nitrogens with zero attached hydrogens (tertiary/aromatic N) is 2. The lowest BCUT2D eigenvalue weighted by atomic mass is 10.0. The number of aliphatic imine (C=N–C) groups is 2. The molecule has 24 heavy (non-hydrogen) atoms. The topological polar surface area (TPSA) is 117 Å². The number of carboxylic acids is 1. The summed E-state index contributed by atoms with van der Waals surface area (Å²) in [5.74, 6) is -2.95. The van der Waals surface area contributed by atoms with Crippen molar-refractivity contribution in [3.05, 3.63) is 46.9 Å². The molecule has 0 saturated carbocycles. The number of amides is 2. The molecule has 0 saturated heterocycles. The number of carbonyl (C=O) groups is 3. The number of carboxylic acid groups (broad SMARTS) is 1. The van der Waals surface area contributed by atoms with Crippen molar-refractivity contribution in [2.45, 2.75) is 6.61 Å². The molecule has 0 radical (unpaired) electrons. The van der Waals surface area contributed by atoms with E-state index >= 15 is 0 Å². The Morgan fingerprint density at radius 2 is 2.08 bits per heavy atom. The van der Waals surface area contributed by atoms with Crippen LogP contribution in [0, 0.1) is 5.92 Å². The Morgan fingerprint density at radius 1 is 1.33 bits per heavy atom. The Kier molecular flexibility index (Phi) is 4.43. The number of hydrogen-bond acceptors (Lipinski definition) is 5. The van der Waals surface area contributed by atoms with E-state index in [1.165, 1.54) is 5.41 Å². The lowest BCUT2D eigenvalue weighted by Gasteiger charge is -2.18. The average molecular weight is 345 g/mol. The summed E-state index contributed by atoms with van der Waals surface area (Å²) in [4.78, 5) is 42.4. The van der Waals surface area contributed by atoms with Crippen LogP contribution in [0.2, 0.25) is 0 Å². The molecule has 2 heterocycles. The third-order valence-corrected chi connectivity index (χ3v) is 4.17. The molecule has 8 nitrogen and oxygen atoms in total. The van der Waals surface area contributed by atoms with Crippen molar-refractivity contribution >= 4 is 40.7 Å². The summed E-state index contributed by atoms with van der Waals surface area (Å²) >= 11 is 1.02. The number of aliphatic carboxylic acids is 1. The van der Waals surface area contributed by atoms with Crippen molar-refractivity contribution in [2.24, 2.45) is 15.9 Å². The smallest absolute Gasteiger partial charge is 0.437 e. The van der Waals surface area contributed by atoms with Gasteiger partial charge < -0.3 is 9.84 Å². The van der Waals surface area contributed by atoms with Gasteiger partial charge in [-0.05, 0) is 11.0 Å². The second-order valence-corrected chi connectivity index (χ2v) is 5.73. The standard InChI is InChI=1S/C15H11N3O5S/c19-11-10-9(13(20)21)7-24-12(10)17-14(16-11)18-15(22)23-6-8-4-2-1-3-5-8/h1-5,7,10H,6H2,(H,20,21)(H,16,18,19,22)/t10-/m1/s1. The first-order valence-corrected chi connectivity index (χ1v) is 7.71. The molecule has 3 rings (SSSR count). The summed E-state index contributed by atoms with van der Waals surface area (Å²) in [5, 5.41) is 13.0. The van der Waals surface area contributed by atoms with Gasteiger partial charge in [-0.25, -0.2) is 14.6 Å². The van der Waals surface area contributed by atoms with Crippen LogP contribution in [0.5, 0.6) is 0 Å². The van der Waals surface area contributed by atoms with E-state index in [1.807, 2.05) is 18.2 Å². The molecule has 0 fully saturated rings. The summed E-state index contributed by atoms with van der Waals surface area (Å²) in [6.07, 6.45) is -0.897. The molecule has 1 aromatic rings. The van der Waals surface area contributed by atoms with Crippen molar-refractivity contribution in [3.63, 3.8) is 0 Å². The van der Waals surface area contributed by atoms with Gasteiger partial charge in [-0.2, -0.15) is 0 Å². The van der Waals surface area contributed by atoms with Crippen LogP contribution in [0.1, 0.15) is 5.56 Å². The molecule has 0 aliphatic carbocycles. The lowest BCUT2D eigenvalue weighted by molar-refractivity contribution is -0.134. The van der Waals surface area contributed by atoms with Gasteiger partial charge >= 0.3 is 12.1 Å². The summed E-state index contributed by atoms with van der Waals surface area (Å²) in [5.41, 5.74) is 0.744. The van der Waals surface area contributed by atoms with Gasteiger partial charge in [-0.1, -0.05) is 42.1 Å². The molecule has 1 aromatic carbocycles. The number of nitrogens with one attached hydrogen (secondary N) is 1. The van der Waals surface area contributed by atoms with Crippen molar-refractivity contribution in [2.75, 3.05) is 0 Å². The predicted molar refractivity (Wildman–Crippen MR) is 86.4 cm³/mol. The monoisotopic (exact) mass is 345 g/mol. The Morgan fingerprint density at radius 3 is 2.79 bits per heavy atom. The van der Waals surface area contributed by atoms with E-state index in [0.29, 0.717) is 0 Å². The Balaban J connectivity index is 1.68. The van der Waals surface area contributed by atoms with Crippen LogP contribution < -0.4 is 5.32 Å². The first-order chi connectivity index (χ1) is 11.5. The molecule has 2 aliphatic heterocycles. The number of thioether (sulfide) groups is 1. The number of fused-ring (bicyclic) bond motifs is 1. The van der Waals surface area contributed by atoms with Crippen LogP contribution in [0.3, 0.4) is 0 Å². The van der Waals surface area contributed by atoms with Crippen molar-refractivity contribution in [1.29, 1.82) is 0 Å². The third-order valence-electron chi connectivity index (χ3n) is 3.23. The molecule has 0 aromatic heterocycles. The van der Waals surface area contributed by atoms with Gasteiger partial charge in [0.15, 0.2) is 0 Å². The fourth-order valence-corrected chi connectivity index (χ4v) is 3.11. The van der Waals surface area contributed by atoms with Gasteiger partial charge in [0.1, 0.15) is 12.5 Å². The van der Waals surface area contributed by atoms with Gasteiger partial charge in [0.05, 0.1) is 10.6 Å². The number of ether oxygens (including phenoxy) is 1. The van der Waals surface area contributed by atoms with Crippen LogP contribution in [-0.2, 0) is 20.9 Å². The highest BCUT2D eigenvalue weighted by atomic mass is 32.2. The van der Waals surface area contributed by atoms with Gasteiger partial charge in [0.25, 0.3) is 0 Å². The van der Waals surface area contributed by atoms with Gasteiger partial charge in [0, 0.05) is 0 Å². The first kappa shape index (κ1) is 15.9. The fraction of sp³-hybridized carbons (Fsp3) is 0.133. The Labute approximate surface area is 140 Å². The second-order valence-electron chi connectivity index (χ2n) is 4.84. The summed E-state index contributed by atoms with van der Waals surface area (Å²) in [7, 11) is 0. The van der Waals surface area contributed by atoms with Crippen molar-refractivity contribution in [3.8, 4) is 0 Å². The average Bonchev–Trinajstić information content (AvgIpc) is 2.98. The third kappa shape index (κ3) is 3.35. The van der Waals surface area contributed by atoms with Gasteiger partial charge in [0.2, 0.25) is 11.9 Å². The zero-order chi connectivity index (χ0) is 17.1. The molecular weight excluding hydrogens is 334 g/mol. The summed E-state index contributed by atoms with van der Waals surface area (Å²) in [6, 6.07) is 9.05. The maximum atomic E-state index is 12.0. The molecule has 2 amide bonds. The van der Waals surface area contributed by atoms with Gasteiger partial charge in [-0.3, -0.25) is 10.1 Å². The minimum Gasteiger partial charge on any atom is -0.478 e. The minimum atomic E-state index is -1.18. The summed E-state index contributed by atoms with van der Waals surface area (Å²) < 4.78 is 4.98. The van der Waals surface area contributed by atoms with E-state index in [-0.39, 0.29) is 23.2 Å². The molecule has 1 atom stereocenters. The maximum Gasteiger partial charge on any atom is 0.437 e. The highest BCUT2D eigenvalue weighted by molar-refractivity contribution is 8.17. The number of guanidine groups is 1. The largest absolute Gasteiger partial charge is 0.478 e. The molecular formula is C15H11N3O5S. The predicted octanol–water partition coefficient (Wildman–Crippen LogP) is 1.54. The highest BCUT2D eigenvalue weighted by Gasteiger charge is 2.40. The quantitative estimate of drug-likeness (QED) is 0.858. The van der Waals surface area contributed by atoms with Crippen LogP contribution in [-0.4, -0.2) is 34.1 Å². The Bertz CT molecular complexity index is 801. The number of rotatable bonds is 3. The normalized spacial score (nSPS) is 20.8. The number of hydrogen-bond donors (Lipinski definition) is 2. The van der Waals surface area contributed by atoms with Crippen molar-refractivity contribution in [1.82, 2.24) is 5.32 Å².